The Bertz CT molecular complexity index is 845. The average Bonchev–Trinajstić information content (AvgIpc) is 3.22. The van der Waals surface area contributed by atoms with Crippen LogP contribution in [0.2, 0.25) is 0 Å². The summed E-state index contributed by atoms with van der Waals surface area (Å²) in [5.41, 5.74) is 2.46. The van der Waals surface area contributed by atoms with Crippen LogP contribution >= 0.6 is 0 Å². The Balaban J connectivity index is 1.40. The van der Waals surface area contributed by atoms with Crippen molar-refractivity contribution >= 4 is 15.9 Å². The fourth-order valence-electron chi connectivity index (χ4n) is 5.04. The maximum absolute atomic E-state index is 13.1. The number of fused-ring (bicyclic) bond motifs is 1. The molecule has 4 rings (SSSR count). The lowest BCUT2D eigenvalue weighted by Crippen LogP contribution is -2.56. The predicted molar refractivity (Wildman–Crippen MR) is 113 cm³/mol. The van der Waals surface area contributed by atoms with Gasteiger partial charge in [0.05, 0.1) is 10.9 Å². The van der Waals surface area contributed by atoms with Gasteiger partial charge in [0.1, 0.15) is 0 Å². The molecule has 160 valence electrons. The molecule has 0 saturated carbocycles. The highest BCUT2D eigenvalue weighted by Gasteiger charge is 2.35. The minimum absolute atomic E-state index is 0.0245. The Morgan fingerprint density at radius 1 is 1.00 bits per heavy atom. The number of carbonyl (C=O) groups is 1. The van der Waals surface area contributed by atoms with Gasteiger partial charge in [0.25, 0.3) is 0 Å². The second-order valence-corrected chi connectivity index (χ2v) is 10.5. The summed E-state index contributed by atoms with van der Waals surface area (Å²) < 4.78 is 27.8. The van der Waals surface area contributed by atoms with E-state index in [4.69, 9.17) is 0 Å². The number of nitrogens with zero attached hydrogens (tertiary/aromatic N) is 3. The lowest BCUT2D eigenvalue weighted by Gasteiger charge is -2.40. The van der Waals surface area contributed by atoms with Crippen LogP contribution in [0.3, 0.4) is 0 Å². The molecule has 2 aliphatic heterocycles. The molecule has 1 aromatic rings. The average molecular weight is 420 g/mol. The third-order valence-corrected chi connectivity index (χ3v) is 8.56. The summed E-state index contributed by atoms with van der Waals surface area (Å²) in [6.07, 6.45) is 7.36. The van der Waals surface area contributed by atoms with Crippen molar-refractivity contribution in [3.63, 3.8) is 0 Å². The van der Waals surface area contributed by atoms with Crippen LogP contribution in [0.15, 0.2) is 23.1 Å². The smallest absolute Gasteiger partial charge is 0.243 e. The molecule has 1 aliphatic carbocycles. The molecule has 1 atom stereocenters. The molecule has 6 nitrogen and oxygen atoms in total. The highest BCUT2D eigenvalue weighted by atomic mass is 32.2. The van der Waals surface area contributed by atoms with Gasteiger partial charge in [-0.25, -0.2) is 8.42 Å². The third kappa shape index (κ3) is 4.23. The first-order valence-corrected chi connectivity index (χ1v) is 12.6. The number of rotatable bonds is 5. The number of carbonyl (C=O) groups excluding carboxylic acids is 1. The molecule has 3 aliphatic rings. The summed E-state index contributed by atoms with van der Waals surface area (Å²) in [4.78, 5) is 17.7. The standard InChI is InChI=1S/C22H33N3O3S/c1-2-11-23-12-4-3-8-21(23)22(26)24-13-15-25(16-14-24)29(27,28)20-10-9-18-6-5-7-19(18)17-20/h9-10,17,21H,2-8,11-16H2,1H3. The first kappa shape index (κ1) is 20.8. The van der Waals surface area contributed by atoms with E-state index in [9.17, 15) is 13.2 Å². The molecule has 1 unspecified atom stereocenters. The van der Waals surface area contributed by atoms with Gasteiger partial charge >= 0.3 is 0 Å². The van der Waals surface area contributed by atoms with E-state index in [0.29, 0.717) is 31.1 Å². The van der Waals surface area contributed by atoms with Gasteiger partial charge in [0, 0.05) is 26.2 Å². The van der Waals surface area contributed by atoms with E-state index >= 15 is 0 Å². The normalized spacial score (nSPS) is 23.9. The topological polar surface area (TPSA) is 60.9 Å². The van der Waals surface area contributed by atoms with E-state index < -0.39 is 10.0 Å². The van der Waals surface area contributed by atoms with E-state index in [1.807, 2.05) is 17.0 Å². The largest absolute Gasteiger partial charge is 0.339 e. The highest BCUT2D eigenvalue weighted by Crippen LogP contribution is 2.27. The Hall–Kier alpha value is -1.44. The molecule has 0 bridgehead atoms. The zero-order valence-electron chi connectivity index (χ0n) is 17.5. The van der Waals surface area contributed by atoms with Crippen molar-refractivity contribution in [1.29, 1.82) is 0 Å². The summed E-state index contributed by atoms with van der Waals surface area (Å²) >= 11 is 0. The van der Waals surface area contributed by atoms with Crippen molar-refractivity contribution < 1.29 is 13.2 Å². The molecule has 2 heterocycles. The van der Waals surface area contributed by atoms with Crippen molar-refractivity contribution in [3.8, 4) is 0 Å². The number of likely N-dealkylation sites (tertiary alicyclic amines) is 1. The fourth-order valence-corrected chi connectivity index (χ4v) is 6.52. The van der Waals surface area contributed by atoms with Crippen LogP contribution in [-0.4, -0.2) is 73.7 Å². The van der Waals surface area contributed by atoms with E-state index in [2.05, 4.69) is 11.8 Å². The van der Waals surface area contributed by atoms with Crippen LogP contribution in [-0.2, 0) is 27.7 Å². The Morgan fingerprint density at radius 3 is 2.52 bits per heavy atom. The Kier molecular flexibility index (Phi) is 6.27. The van der Waals surface area contributed by atoms with Crippen molar-refractivity contribution in [2.24, 2.45) is 0 Å². The molecule has 0 radical (unpaired) electrons. The van der Waals surface area contributed by atoms with Gasteiger partial charge in [-0.3, -0.25) is 9.69 Å². The van der Waals surface area contributed by atoms with Crippen molar-refractivity contribution in [2.75, 3.05) is 39.3 Å². The number of piperazine rings is 1. The second kappa shape index (κ2) is 8.74. The monoisotopic (exact) mass is 419 g/mol. The Morgan fingerprint density at radius 2 is 1.76 bits per heavy atom. The molecule has 1 aromatic carbocycles. The van der Waals surface area contributed by atoms with Crippen LogP contribution in [0.25, 0.3) is 0 Å². The van der Waals surface area contributed by atoms with Gasteiger partial charge in [-0.15, -0.1) is 0 Å². The summed E-state index contributed by atoms with van der Waals surface area (Å²) in [6, 6.07) is 5.56. The number of hydrogen-bond acceptors (Lipinski definition) is 4. The molecule has 7 heteroatoms. The van der Waals surface area contributed by atoms with Crippen molar-refractivity contribution in [1.82, 2.24) is 14.1 Å². The molecule has 0 N–H and O–H groups in total. The van der Waals surface area contributed by atoms with Crippen LogP contribution in [0.4, 0.5) is 0 Å². The van der Waals surface area contributed by atoms with E-state index in [0.717, 1.165) is 58.0 Å². The summed E-state index contributed by atoms with van der Waals surface area (Å²) in [7, 11) is -3.49. The molecular formula is C22H33N3O3S. The minimum Gasteiger partial charge on any atom is -0.339 e. The Labute approximate surface area is 174 Å². The van der Waals surface area contributed by atoms with Gasteiger partial charge in [-0.2, -0.15) is 4.31 Å². The summed E-state index contributed by atoms with van der Waals surface area (Å²) in [6.45, 7) is 5.84. The van der Waals surface area contributed by atoms with E-state index in [1.54, 1.807) is 10.4 Å². The number of amides is 1. The van der Waals surface area contributed by atoms with E-state index in [1.165, 1.54) is 11.1 Å². The van der Waals surface area contributed by atoms with Crippen LogP contribution in [0, 0.1) is 0 Å². The SMILES string of the molecule is CCCN1CCCCC1C(=O)N1CCN(S(=O)(=O)c2ccc3c(c2)CCC3)CC1. The van der Waals surface area contributed by atoms with E-state index in [-0.39, 0.29) is 11.9 Å². The lowest BCUT2D eigenvalue weighted by molar-refractivity contribution is -0.139. The van der Waals surface area contributed by atoms with Gasteiger partial charge < -0.3 is 4.90 Å². The van der Waals surface area contributed by atoms with Crippen molar-refractivity contribution in [2.45, 2.75) is 62.8 Å². The van der Waals surface area contributed by atoms with Crippen LogP contribution in [0.5, 0.6) is 0 Å². The highest BCUT2D eigenvalue weighted by molar-refractivity contribution is 7.89. The maximum atomic E-state index is 13.1. The fraction of sp³-hybridized carbons (Fsp3) is 0.682. The molecule has 0 aromatic heterocycles. The molecule has 29 heavy (non-hydrogen) atoms. The number of piperidine rings is 1. The first-order chi connectivity index (χ1) is 14.0. The number of aryl methyl sites for hydroxylation is 2. The quantitative estimate of drug-likeness (QED) is 0.735. The number of benzene rings is 1. The maximum Gasteiger partial charge on any atom is 0.243 e. The molecule has 0 spiro atoms. The first-order valence-electron chi connectivity index (χ1n) is 11.2. The third-order valence-electron chi connectivity index (χ3n) is 6.67. The molecule has 2 fully saturated rings. The van der Waals surface area contributed by atoms with Gasteiger partial charge in [-0.05, 0) is 74.9 Å². The molecular weight excluding hydrogens is 386 g/mol. The summed E-state index contributed by atoms with van der Waals surface area (Å²) in [5, 5.41) is 0. The van der Waals surface area contributed by atoms with Crippen LogP contribution < -0.4 is 0 Å². The number of hydrogen-bond donors (Lipinski definition) is 0. The summed E-state index contributed by atoms with van der Waals surface area (Å²) in [5.74, 6) is 0.188. The van der Waals surface area contributed by atoms with Crippen LogP contribution in [0.1, 0.15) is 50.2 Å². The molecule has 1 amide bonds. The van der Waals surface area contributed by atoms with Gasteiger partial charge in [-0.1, -0.05) is 19.4 Å². The van der Waals surface area contributed by atoms with Crippen molar-refractivity contribution in [3.05, 3.63) is 29.3 Å². The minimum atomic E-state index is -3.49. The molecule has 2 saturated heterocycles. The van der Waals surface area contributed by atoms with Gasteiger partial charge in [0.2, 0.25) is 15.9 Å². The number of sulfonamides is 1. The second-order valence-electron chi connectivity index (χ2n) is 8.56. The lowest BCUT2D eigenvalue weighted by atomic mass is 10.0. The zero-order chi connectivity index (χ0) is 20.4. The predicted octanol–water partition coefficient (Wildman–Crippen LogP) is 2.27. The van der Waals surface area contributed by atoms with Gasteiger partial charge in [0.15, 0.2) is 0 Å². The zero-order valence-corrected chi connectivity index (χ0v) is 18.3.